The molecule has 9 heteroatoms. The molecule has 1 fully saturated rings. The van der Waals surface area contributed by atoms with E-state index in [-0.39, 0.29) is 17.6 Å². The molecular weight excluding hydrogens is 474 g/mol. The Kier molecular flexibility index (Phi) is 11.5. The van der Waals surface area contributed by atoms with Crippen LogP contribution < -0.4 is 10.6 Å². The fourth-order valence-corrected chi connectivity index (χ4v) is 4.97. The number of unbranched alkanes of at least 4 members (excludes halogenated alkanes) is 2. The molecule has 2 heterocycles. The average molecular weight is 514 g/mol. The zero-order valence-corrected chi connectivity index (χ0v) is 22.3. The van der Waals surface area contributed by atoms with Gasteiger partial charge in [0, 0.05) is 50.0 Å². The van der Waals surface area contributed by atoms with Gasteiger partial charge in [-0.2, -0.15) is 0 Å². The molecule has 1 aromatic carbocycles. The van der Waals surface area contributed by atoms with Crippen molar-refractivity contribution in [1.82, 2.24) is 25.4 Å². The van der Waals surface area contributed by atoms with Crippen LogP contribution in [-0.4, -0.2) is 78.2 Å². The van der Waals surface area contributed by atoms with Gasteiger partial charge in [0.05, 0.1) is 18.8 Å². The molecule has 0 spiro atoms. The Morgan fingerprint density at radius 1 is 1.06 bits per heavy atom. The van der Waals surface area contributed by atoms with Crippen molar-refractivity contribution in [1.29, 1.82) is 0 Å². The van der Waals surface area contributed by atoms with Gasteiger partial charge in [0.25, 0.3) is 0 Å². The maximum atomic E-state index is 13.1. The molecule has 3 rings (SSSR count). The number of carbonyl (C=O) groups is 3. The summed E-state index contributed by atoms with van der Waals surface area (Å²) in [5.41, 5.74) is 1.85. The first-order valence-corrected chi connectivity index (χ1v) is 13.8. The van der Waals surface area contributed by atoms with Crippen molar-refractivity contribution in [2.24, 2.45) is 0 Å². The number of amides is 2. The normalized spacial score (nSPS) is 15.4. The molecule has 8 nitrogen and oxygen atoms in total. The van der Waals surface area contributed by atoms with E-state index < -0.39 is 6.04 Å². The molecule has 0 aliphatic carbocycles. The largest absolute Gasteiger partial charge is 0.349 e. The predicted molar refractivity (Wildman–Crippen MR) is 144 cm³/mol. The summed E-state index contributed by atoms with van der Waals surface area (Å²) in [6.07, 6.45) is 4.14. The van der Waals surface area contributed by atoms with Gasteiger partial charge in [-0.05, 0) is 19.9 Å². The SMILES string of the molecule is CCC(=O)CCCCC[C@H](NC(=O)CN1CCN(C)CC1)C(=O)NCc1csc(-c2ccccc2)n1. The topological polar surface area (TPSA) is 94.6 Å². The van der Waals surface area contributed by atoms with Gasteiger partial charge in [0.2, 0.25) is 11.8 Å². The molecule has 0 unspecified atom stereocenters. The maximum Gasteiger partial charge on any atom is 0.242 e. The summed E-state index contributed by atoms with van der Waals surface area (Å²) in [6.45, 7) is 6.06. The average Bonchev–Trinajstić information content (AvgIpc) is 3.37. The Balaban J connectivity index is 1.52. The van der Waals surface area contributed by atoms with Crippen LogP contribution in [0.15, 0.2) is 35.7 Å². The number of likely N-dealkylation sites (N-methyl/N-ethyl adjacent to an activating group) is 1. The lowest BCUT2D eigenvalue weighted by Gasteiger charge is -2.32. The van der Waals surface area contributed by atoms with Crippen molar-refractivity contribution in [2.75, 3.05) is 39.8 Å². The molecule has 2 aromatic rings. The Hall–Kier alpha value is -2.62. The number of hydrogen-bond acceptors (Lipinski definition) is 7. The van der Waals surface area contributed by atoms with Crippen LogP contribution in [0.1, 0.15) is 51.1 Å². The quantitative estimate of drug-likeness (QED) is 0.377. The number of Topliss-reactive ketones (excluding diaryl/α,β-unsaturated/α-hetero) is 1. The number of benzene rings is 1. The highest BCUT2D eigenvalue weighted by Gasteiger charge is 2.23. The van der Waals surface area contributed by atoms with E-state index in [0.29, 0.717) is 32.4 Å². The van der Waals surface area contributed by atoms with E-state index in [1.807, 2.05) is 42.6 Å². The van der Waals surface area contributed by atoms with Gasteiger partial charge in [-0.1, -0.05) is 50.1 Å². The van der Waals surface area contributed by atoms with Gasteiger partial charge in [-0.3, -0.25) is 19.3 Å². The number of rotatable bonds is 14. The molecule has 0 bridgehead atoms. The van der Waals surface area contributed by atoms with Gasteiger partial charge in [-0.15, -0.1) is 11.3 Å². The fraction of sp³-hybridized carbons (Fsp3) is 0.556. The minimum Gasteiger partial charge on any atom is -0.349 e. The molecule has 196 valence electrons. The highest BCUT2D eigenvalue weighted by molar-refractivity contribution is 7.13. The molecule has 0 saturated carbocycles. The van der Waals surface area contributed by atoms with Gasteiger partial charge in [0.1, 0.15) is 16.8 Å². The molecule has 1 aliphatic heterocycles. The van der Waals surface area contributed by atoms with Crippen molar-refractivity contribution in [3.8, 4) is 10.6 Å². The van der Waals surface area contributed by atoms with Gasteiger partial charge in [-0.25, -0.2) is 4.98 Å². The first-order valence-electron chi connectivity index (χ1n) is 12.9. The molecular formula is C27H39N5O3S. The third-order valence-electron chi connectivity index (χ3n) is 6.47. The van der Waals surface area contributed by atoms with Crippen LogP contribution in [-0.2, 0) is 20.9 Å². The first kappa shape index (κ1) is 28.0. The van der Waals surface area contributed by atoms with E-state index in [1.54, 1.807) is 11.3 Å². The Morgan fingerprint density at radius 2 is 1.81 bits per heavy atom. The van der Waals surface area contributed by atoms with Crippen LogP contribution in [0.25, 0.3) is 10.6 Å². The minimum absolute atomic E-state index is 0.124. The number of thiazole rings is 1. The number of piperazine rings is 1. The van der Waals surface area contributed by atoms with Crippen molar-refractivity contribution >= 4 is 28.9 Å². The third-order valence-corrected chi connectivity index (χ3v) is 7.41. The van der Waals surface area contributed by atoms with Crippen molar-refractivity contribution < 1.29 is 14.4 Å². The Labute approximate surface area is 218 Å². The Morgan fingerprint density at radius 3 is 2.53 bits per heavy atom. The van der Waals surface area contributed by atoms with E-state index in [4.69, 9.17) is 0 Å². The van der Waals surface area contributed by atoms with Crippen molar-refractivity contribution in [2.45, 2.75) is 58.0 Å². The van der Waals surface area contributed by atoms with Crippen LogP contribution in [0.4, 0.5) is 0 Å². The Bertz CT molecular complexity index is 973. The van der Waals surface area contributed by atoms with Gasteiger partial charge >= 0.3 is 0 Å². The third kappa shape index (κ3) is 9.44. The van der Waals surface area contributed by atoms with E-state index in [0.717, 1.165) is 61.7 Å². The highest BCUT2D eigenvalue weighted by atomic mass is 32.1. The zero-order valence-electron chi connectivity index (χ0n) is 21.5. The molecule has 0 radical (unpaired) electrons. The van der Waals surface area contributed by atoms with E-state index in [2.05, 4.69) is 32.5 Å². The maximum absolute atomic E-state index is 13.1. The minimum atomic E-state index is -0.598. The van der Waals surface area contributed by atoms with Gasteiger partial charge < -0.3 is 15.5 Å². The highest BCUT2D eigenvalue weighted by Crippen LogP contribution is 2.23. The van der Waals surface area contributed by atoms with E-state index in [9.17, 15) is 14.4 Å². The standard InChI is InChI=1S/C27H39N5O3S/c1-3-23(33)12-8-5-9-13-24(30-25(34)19-32-16-14-31(2)15-17-32)26(35)28-18-22-20-36-27(29-22)21-10-6-4-7-11-21/h4,6-7,10-11,20,24H,3,5,8-9,12-19H2,1-2H3,(H,28,35)(H,30,34)/t24-/m0/s1. The number of nitrogens with one attached hydrogen (secondary N) is 2. The van der Waals surface area contributed by atoms with Crippen LogP contribution >= 0.6 is 11.3 Å². The number of nitrogens with zero attached hydrogens (tertiary/aromatic N) is 3. The number of hydrogen-bond donors (Lipinski definition) is 2. The number of ketones is 1. The lowest BCUT2D eigenvalue weighted by molar-refractivity contribution is -0.130. The molecule has 1 atom stereocenters. The van der Waals surface area contributed by atoms with Crippen LogP contribution in [0.2, 0.25) is 0 Å². The van der Waals surface area contributed by atoms with Crippen molar-refractivity contribution in [3.05, 3.63) is 41.4 Å². The molecule has 36 heavy (non-hydrogen) atoms. The summed E-state index contributed by atoms with van der Waals surface area (Å²) in [5, 5.41) is 8.79. The smallest absolute Gasteiger partial charge is 0.242 e. The molecule has 1 saturated heterocycles. The number of carbonyl (C=O) groups excluding carboxylic acids is 3. The van der Waals surface area contributed by atoms with Crippen LogP contribution in [0.3, 0.4) is 0 Å². The summed E-state index contributed by atoms with van der Waals surface area (Å²) in [6, 6.07) is 9.36. The molecule has 2 N–H and O–H groups in total. The summed E-state index contributed by atoms with van der Waals surface area (Å²) < 4.78 is 0. The lowest BCUT2D eigenvalue weighted by atomic mass is 10.0. The van der Waals surface area contributed by atoms with Crippen LogP contribution in [0.5, 0.6) is 0 Å². The lowest BCUT2D eigenvalue weighted by Crippen LogP contribution is -2.52. The fourth-order valence-electron chi connectivity index (χ4n) is 4.14. The predicted octanol–water partition coefficient (Wildman–Crippen LogP) is 3.09. The molecule has 1 aliphatic rings. The second kappa shape index (κ2) is 14.8. The monoisotopic (exact) mass is 513 g/mol. The summed E-state index contributed by atoms with van der Waals surface area (Å²) in [4.78, 5) is 46.4. The van der Waals surface area contributed by atoms with E-state index >= 15 is 0 Å². The zero-order chi connectivity index (χ0) is 25.8. The summed E-state index contributed by atoms with van der Waals surface area (Å²) >= 11 is 1.55. The number of aromatic nitrogens is 1. The van der Waals surface area contributed by atoms with Gasteiger partial charge in [0.15, 0.2) is 0 Å². The second-order valence-electron chi connectivity index (χ2n) is 9.42. The first-order chi connectivity index (χ1) is 17.4. The summed E-state index contributed by atoms with van der Waals surface area (Å²) in [5.74, 6) is -0.0515. The second-order valence-corrected chi connectivity index (χ2v) is 10.3. The summed E-state index contributed by atoms with van der Waals surface area (Å²) in [7, 11) is 2.08. The molecule has 1 aromatic heterocycles. The van der Waals surface area contributed by atoms with Crippen LogP contribution in [0, 0.1) is 0 Å². The van der Waals surface area contributed by atoms with E-state index in [1.165, 1.54) is 0 Å². The molecule has 2 amide bonds. The van der Waals surface area contributed by atoms with Crippen molar-refractivity contribution in [3.63, 3.8) is 0 Å².